The molecule has 0 atom stereocenters. The zero-order valence-corrected chi connectivity index (χ0v) is 12.7. The van der Waals surface area contributed by atoms with E-state index in [1.54, 1.807) is 0 Å². The Balaban J connectivity index is 1.71. The maximum absolute atomic E-state index is 11.5. The highest BCUT2D eigenvalue weighted by Gasteiger charge is 2.18. The van der Waals surface area contributed by atoms with Crippen LogP contribution in [0.1, 0.15) is 24.8 Å². The molecule has 21 heavy (non-hydrogen) atoms. The van der Waals surface area contributed by atoms with Crippen molar-refractivity contribution in [2.45, 2.75) is 25.7 Å². The normalized spacial score (nSPS) is 18.4. The third-order valence-corrected chi connectivity index (χ3v) is 4.51. The van der Waals surface area contributed by atoms with Gasteiger partial charge in [0.1, 0.15) is 0 Å². The van der Waals surface area contributed by atoms with Gasteiger partial charge in [0.15, 0.2) is 0 Å². The fourth-order valence-electron chi connectivity index (χ4n) is 3.18. The Bertz CT molecular complexity index is 537. The van der Waals surface area contributed by atoms with Crippen LogP contribution in [0.15, 0.2) is 12.1 Å². The Morgan fingerprint density at radius 2 is 2.05 bits per heavy atom. The second kappa shape index (κ2) is 5.93. The van der Waals surface area contributed by atoms with Crippen LogP contribution in [0, 0.1) is 0 Å². The fourth-order valence-corrected chi connectivity index (χ4v) is 3.18. The molecule has 0 aromatic heterocycles. The smallest absolute Gasteiger partial charge is 0.224 e. The molecule has 114 valence electrons. The van der Waals surface area contributed by atoms with Crippen molar-refractivity contribution in [1.29, 1.82) is 0 Å². The fraction of sp³-hybridized carbons (Fsp3) is 0.562. The lowest BCUT2D eigenvalue weighted by Crippen LogP contribution is -2.32. The molecule has 2 aliphatic heterocycles. The summed E-state index contributed by atoms with van der Waals surface area (Å²) < 4.78 is 0. The van der Waals surface area contributed by atoms with E-state index >= 15 is 0 Å². The highest BCUT2D eigenvalue weighted by atomic mass is 16.1. The quantitative estimate of drug-likeness (QED) is 0.828. The minimum Gasteiger partial charge on any atom is -0.397 e. The molecule has 1 fully saturated rings. The van der Waals surface area contributed by atoms with E-state index in [0.717, 1.165) is 42.1 Å². The molecule has 1 aromatic rings. The number of anilines is 3. The molecule has 5 nitrogen and oxygen atoms in total. The van der Waals surface area contributed by atoms with Crippen molar-refractivity contribution in [3.05, 3.63) is 17.7 Å². The van der Waals surface area contributed by atoms with Crippen molar-refractivity contribution >= 4 is 23.0 Å². The maximum Gasteiger partial charge on any atom is 0.224 e. The monoisotopic (exact) mass is 288 g/mol. The molecule has 3 N–H and O–H groups in total. The number of benzene rings is 1. The average Bonchev–Trinajstić information content (AvgIpc) is 2.98. The van der Waals surface area contributed by atoms with Gasteiger partial charge >= 0.3 is 0 Å². The molecular weight excluding hydrogens is 264 g/mol. The largest absolute Gasteiger partial charge is 0.397 e. The number of likely N-dealkylation sites (N-methyl/N-ethyl adjacent to an activating group) is 1. The Kier molecular flexibility index (Phi) is 4.01. The number of likely N-dealkylation sites (tertiary alicyclic amines) is 1. The van der Waals surface area contributed by atoms with Gasteiger partial charge in [-0.05, 0) is 50.0 Å². The van der Waals surface area contributed by atoms with Crippen LogP contribution in [0.5, 0.6) is 0 Å². The number of carbonyl (C=O) groups is 1. The third-order valence-electron chi connectivity index (χ3n) is 4.51. The van der Waals surface area contributed by atoms with Gasteiger partial charge in [-0.15, -0.1) is 0 Å². The van der Waals surface area contributed by atoms with Crippen LogP contribution in [0.3, 0.4) is 0 Å². The van der Waals surface area contributed by atoms with E-state index in [1.807, 2.05) is 12.1 Å². The summed E-state index contributed by atoms with van der Waals surface area (Å²) in [4.78, 5) is 16.2. The van der Waals surface area contributed by atoms with E-state index in [0.29, 0.717) is 6.42 Å². The number of aryl methyl sites for hydroxylation is 1. The molecule has 0 spiro atoms. The number of amides is 1. The van der Waals surface area contributed by atoms with Crippen LogP contribution in [0.25, 0.3) is 0 Å². The zero-order valence-electron chi connectivity index (χ0n) is 12.7. The predicted molar refractivity (Wildman–Crippen MR) is 86.7 cm³/mol. The number of nitrogens with zero attached hydrogens (tertiary/aromatic N) is 2. The number of nitrogen functional groups attached to an aromatic ring is 1. The molecule has 5 heteroatoms. The zero-order chi connectivity index (χ0) is 14.8. The summed E-state index contributed by atoms with van der Waals surface area (Å²) >= 11 is 0. The van der Waals surface area contributed by atoms with Crippen LogP contribution in [-0.2, 0) is 11.2 Å². The van der Waals surface area contributed by atoms with Gasteiger partial charge in [0.25, 0.3) is 0 Å². The lowest BCUT2D eigenvalue weighted by molar-refractivity contribution is -0.116. The molecule has 2 aliphatic rings. The van der Waals surface area contributed by atoms with Crippen molar-refractivity contribution in [3.8, 4) is 0 Å². The molecule has 0 saturated carbocycles. The third kappa shape index (κ3) is 3.13. The summed E-state index contributed by atoms with van der Waals surface area (Å²) in [7, 11) is 2.07. The van der Waals surface area contributed by atoms with Gasteiger partial charge in [-0.25, -0.2) is 0 Å². The highest BCUT2D eigenvalue weighted by Crippen LogP contribution is 2.32. The summed E-state index contributed by atoms with van der Waals surface area (Å²) in [6.07, 6.45) is 3.97. The number of hydrogen-bond donors (Lipinski definition) is 2. The Morgan fingerprint density at radius 3 is 2.81 bits per heavy atom. The van der Waals surface area contributed by atoms with Crippen LogP contribution in [0.4, 0.5) is 17.1 Å². The molecule has 0 bridgehead atoms. The van der Waals surface area contributed by atoms with E-state index in [-0.39, 0.29) is 5.91 Å². The van der Waals surface area contributed by atoms with Gasteiger partial charge < -0.3 is 20.9 Å². The molecule has 3 rings (SSSR count). The maximum atomic E-state index is 11.5. The van der Waals surface area contributed by atoms with E-state index in [4.69, 9.17) is 5.73 Å². The first kappa shape index (κ1) is 14.2. The van der Waals surface area contributed by atoms with Crippen LogP contribution < -0.4 is 16.0 Å². The number of nitrogens with one attached hydrogen (secondary N) is 1. The van der Waals surface area contributed by atoms with Crippen molar-refractivity contribution in [2.75, 3.05) is 49.2 Å². The second-order valence-corrected chi connectivity index (χ2v) is 6.09. The topological polar surface area (TPSA) is 61.6 Å². The number of hydrogen-bond acceptors (Lipinski definition) is 4. The summed E-state index contributed by atoms with van der Waals surface area (Å²) in [5, 5.41) is 2.95. The Labute approximate surface area is 126 Å². The van der Waals surface area contributed by atoms with Crippen molar-refractivity contribution < 1.29 is 4.79 Å². The summed E-state index contributed by atoms with van der Waals surface area (Å²) in [6, 6.07) is 4.03. The lowest BCUT2D eigenvalue weighted by atomic mass is 10.0. The molecular formula is C16H24N4O. The van der Waals surface area contributed by atoms with Gasteiger partial charge in [0.05, 0.1) is 11.4 Å². The molecule has 1 amide bonds. The SMILES string of the molecule is CN(CCN1CCCC1)c1cc2c(cc1N)CCC(=O)N2. The van der Waals surface area contributed by atoms with Crippen molar-refractivity contribution in [3.63, 3.8) is 0 Å². The number of nitrogens with two attached hydrogens (primary N) is 1. The summed E-state index contributed by atoms with van der Waals surface area (Å²) in [5.74, 6) is 0.0953. The van der Waals surface area contributed by atoms with Crippen LogP contribution in [-0.4, -0.2) is 44.0 Å². The van der Waals surface area contributed by atoms with Crippen molar-refractivity contribution in [2.24, 2.45) is 0 Å². The van der Waals surface area contributed by atoms with E-state index < -0.39 is 0 Å². The van der Waals surface area contributed by atoms with Gasteiger partial charge in [-0.3, -0.25) is 4.79 Å². The summed E-state index contributed by atoms with van der Waals surface area (Å²) in [5.41, 5.74) is 10.1. The number of rotatable bonds is 4. The van der Waals surface area contributed by atoms with Gasteiger partial charge in [0.2, 0.25) is 5.91 Å². The highest BCUT2D eigenvalue weighted by molar-refractivity contribution is 5.95. The molecule has 2 heterocycles. The van der Waals surface area contributed by atoms with Crippen molar-refractivity contribution in [1.82, 2.24) is 4.90 Å². The Hall–Kier alpha value is -1.75. The second-order valence-electron chi connectivity index (χ2n) is 6.09. The number of carbonyl (C=O) groups excluding carboxylic acids is 1. The predicted octanol–water partition coefficient (Wildman–Crippen LogP) is 1.69. The van der Waals surface area contributed by atoms with Gasteiger partial charge in [0, 0.05) is 32.2 Å². The molecule has 1 saturated heterocycles. The first-order valence-corrected chi connectivity index (χ1v) is 7.79. The molecule has 0 unspecified atom stereocenters. The van der Waals surface area contributed by atoms with E-state index in [1.165, 1.54) is 25.9 Å². The van der Waals surface area contributed by atoms with E-state index in [9.17, 15) is 4.79 Å². The minimum atomic E-state index is 0.0953. The van der Waals surface area contributed by atoms with Crippen LogP contribution in [0.2, 0.25) is 0 Å². The first-order valence-electron chi connectivity index (χ1n) is 7.79. The standard InChI is InChI=1S/C16H24N4O/c1-19(8-9-20-6-2-3-7-20)15-11-14-12(10-13(15)17)4-5-16(21)18-14/h10-11H,2-9,17H2,1H3,(H,18,21). The average molecular weight is 288 g/mol. The van der Waals surface area contributed by atoms with E-state index in [2.05, 4.69) is 22.2 Å². The molecule has 1 aromatic carbocycles. The number of fused-ring (bicyclic) bond motifs is 1. The molecule has 0 radical (unpaired) electrons. The van der Waals surface area contributed by atoms with Gasteiger partial charge in [-0.1, -0.05) is 0 Å². The van der Waals surface area contributed by atoms with Crippen LogP contribution >= 0.6 is 0 Å². The van der Waals surface area contributed by atoms with Gasteiger partial charge in [-0.2, -0.15) is 0 Å². The Morgan fingerprint density at radius 1 is 1.29 bits per heavy atom. The summed E-state index contributed by atoms with van der Waals surface area (Å²) in [6.45, 7) is 4.45. The molecule has 0 aliphatic carbocycles. The lowest BCUT2D eigenvalue weighted by Gasteiger charge is -2.26. The first-order chi connectivity index (χ1) is 10.1. The minimum absolute atomic E-state index is 0.0953.